The molecule has 1 heterocycles. The Morgan fingerprint density at radius 2 is 1.75 bits per heavy atom. The Bertz CT molecular complexity index is 354. The molecule has 1 aliphatic heterocycles. The number of nitrogens with zero attached hydrogens (tertiary/aromatic N) is 2. The van der Waals surface area contributed by atoms with Crippen LogP contribution in [0.2, 0.25) is 0 Å². The van der Waals surface area contributed by atoms with Crippen LogP contribution < -0.4 is 5.73 Å². The molecule has 0 radical (unpaired) electrons. The molecule has 0 bridgehead atoms. The average Bonchev–Trinajstić information content (AvgIpc) is 2.53. The summed E-state index contributed by atoms with van der Waals surface area (Å²) in [6.07, 6.45) is 10.0. The number of hydrogen-bond donors (Lipinski definition) is 1. The van der Waals surface area contributed by atoms with Gasteiger partial charge >= 0.3 is 0 Å². The average molecular weight is 382 g/mol. The number of rotatable bonds is 6. The van der Waals surface area contributed by atoms with Crippen molar-refractivity contribution in [1.29, 1.82) is 0 Å². The second kappa shape index (κ2) is 11.6. The highest BCUT2D eigenvalue weighted by atomic mass is 35.5. The molecular weight excluding hydrogens is 345 g/mol. The number of carbonyl (C=O) groups is 1. The standard InChI is InChI=1S/C18H35N3O.2ClH/c1-3-4-12-20(2)15-16-8-13-21(14-9-16)17(22)18(19)10-6-5-7-11-18;;/h16H,3-15,19H2,1-2H3;2*1H. The van der Waals surface area contributed by atoms with Gasteiger partial charge in [-0.05, 0) is 51.6 Å². The highest BCUT2D eigenvalue weighted by Gasteiger charge is 2.39. The summed E-state index contributed by atoms with van der Waals surface area (Å²) in [5.41, 5.74) is 5.85. The van der Waals surface area contributed by atoms with Gasteiger partial charge in [-0.15, -0.1) is 24.8 Å². The minimum absolute atomic E-state index is 0. The first kappa shape index (κ1) is 24.0. The molecule has 4 nitrogen and oxygen atoms in total. The number of halogens is 2. The zero-order valence-electron chi connectivity index (χ0n) is 15.5. The molecule has 2 rings (SSSR count). The molecule has 0 aromatic heterocycles. The largest absolute Gasteiger partial charge is 0.341 e. The lowest BCUT2D eigenvalue weighted by atomic mass is 9.81. The van der Waals surface area contributed by atoms with Crippen LogP contribution in [-0.4, -0.2) is 54.5 Å². The molecule has 1 amide bonds. The van der Waals surface area contributed by atoms with Crippen molar-refractivity contribution >= 4 is 30.7 Å². The molecular formula is C18H37Cl2N3O. The minimum Gasteiger partial charge on any atom is -0.341 e. The molecule has 6 heteroatoms. The summed E-state index contributed by atoms with van der Waals surface area (Å²) in [5, 5.41) is 0. The predicted molar refractivity (Wildman–Crippen MR) is 106 cm³/mol. The minimum atomic E-state index is -0.553. The summed E-state index contributed by atoms with van der Waals surface area (Å²) in [4.78, 5) is 17.2. The SMILES string of the molecule is CCCCN(C)CC1CCN(C(=O)C2(N)CCCCC2)CC1.Cl.Cl. The van der Waals surface area contributed by atoms with Gasteiger partial charge in [0.1, 0.15) is 0 Å². The van der Waals surface area contributed by atoms with Crippen molar-refractivity contribution in [3.05, 3.63) is 0 Å². The van der Waals surface area contributed by atoms with Gasteiger partial charge < -0.3 is 15.5 Å². The van der Waals surface area contributed by atoms with E-state index in [-0.39, 0.29) is 30.7 Å². The van der Waals surface area contributed by atoms with Gasteiger partial charge in [-0.3, -0.25) is 4.79 Å². The Balaban J connectivity index is 0.00000264. The van der Waals surface area contributed by atoms with E-state index in [2.05, 4.69) is 18.9 Å². The summed E-state index contributed by atoms with van der Waals surface area (Å²) in [6, 6.07) is 0. The van der Waals surface area contributed by atoms with Crippen LogP contribution in [0.15, 0.2) is 0 Å². The summed E-state index contributed by atoms with van der Waals surface area (Å²) in [7, 11) is 2.23. The highest BCUT2D eigenvalue weighted by molar-refractivity contribution is 5.86. The third-order valence-electron chi connectivity index (χ3n) is 5.54. The van der Waals surface area contributed by atoms with Gasteiger partial charge in [0.2, 0.25) is 5.91 Å². The molecule has 0 unspecified atom stereocenters. The topological polar surface area (TPSA) is 49.6 Å². The number of likely N-dealkylation sites (tertiary alicyclic amines) is 1. The van der Waals surface area contributed by atoms with Gasteiger partial charge in [0.25, 0.3) is 0 Å². The van der Waals surface area contributed by atoms with E-state index in [9.17, 15) is 4.79 Å². The Hall–Kier alpha value is -0.0300. The molecule has 0 atom stereocenters. The first-order valence-electron chi connectivity index (χ1n) is 9.32. The molecule has 2 aliphatic rings. The van der Waals surface area contributed by atoms with Crippen molar-refractivity contribution in [2.45, 2.75) is 70.3 Å². The zero-order valence-corrected chi connectivity index (χ0v) is 17.1. The summed E-state index contributed by atoms with van der Waals surface area (Å²) < 4.78 is 0. The monoisotopic (exact) mass is 381 g/mol. The van der Waals surface area contributed by atoms with Crippen LogP contribution in [0.5, 0.6) is 0 Å². The van der Waals surface area contributed by atoms with E-state index >= 15 is 0 Å². The van der Waals surface area contributed by atoms with Gasteiger partial charge in [-0.25, -0.2) is 0 Å². The Morgan fingerprint density at radius 3 is 2.29 bits per heavy atom. The quantitative estimate of drug-likeness (QED) is 0.765. The van der Waals surface area contributed by atoms with E-state index in [0.29, 0.717) is 0 Å². The number of hydrogen-bond acceptors (Lipinski definition) is 3. The van der Waals surface area contributed by atoms with Crippen molar-refractivity contribution in [3.8, 4) is 0 Å². The van der Waals surface area contributed by atoms with E-state index in [1.165, 1.54) is 32.4 Å². The maximum absolute atomic E-state index is 12.7. The lowest BCUT2D eigenvalue weighted by Crippen LogP contribution is -2.57. The molecule has 2 fully saturated rings. The van der Waals surface area contributed by atoms with Crippen LogP contribution in [0.25, 0.3) is 0 Å². The van der Waals surface area contributed by atoms with Crippen LogP contribution in [0.1, 0.15) is 64.7 Å². The van der Waals surface area contributed by atoms with Crippen molar-refractivity contribution < 1.29 is 4.79 Å². The molecule has 144 valence electrons. The van der Waals surface area contributed by atoms with E-state index in [1.807, 2.05) is 4.90 Å². The molecule has 1 saturated heterocycles. The second-order valence-electron chi connectivity index (χ2n) is 7.57. The number of piperidine rings is 1. The van der Waals surface area contributed by atoms with Gasteiger partial charge in [-0.1, -0.05) is 32.6 Å². The maximum Gasteiger partial charge on any atom is 0.242 e. The number of carbonyl (C=O) groups excluding carboxylic acids is 1. The van der Waals surface area contributed by atoms with Crippen LogP contribution in [0.3, 0.4) is 0 Å². The lowest BCUT2D eigenvalue weighted by molar-refractivity contribution is -0.139. The summed E-state index contributed by atoms with van der Waals surface area (Å²) >= 11 is 0. The number of nitrogens with two attached hydrogens (primary N) is 1. The van der Waals surface area contributed by atoms with Crippen molar-refractivity contribution in [1.82, 2.24) is 9.80 Å². The van der Waals surface area contributed by atoms with Gasteiger partial charge in [0.15, 0.2) is 0 Å². The van der Waals surface area contributed by atoms with Crippen LogP contribution in [0, 0.1) is 5.92 Å². The Morgan fingerprint density at radius 1 is 1.17 bits per heavy atom. The fourth-order valence-corrected chi connectivity index (χ4v) is 3.99. The van der Waals surface area contributed by atoms with Crippen LogP contribution in [-0.2, 0) is 4.79 Å². The predicted octanol–water partition coefficient (Wildman–Crippen LogP) is 3.46. The fourth-order valence-electron chi connectivity index (χ4n) is 3.99. The molecule has 1 saturated carbocycles. The molecule has 0 aromatic rings. The maximum atomic E-state index is 12.7. The van der Waals surface area contributed by atoms with Crippen molar-refractivity contribution in [3.63, 3.8) is 0 Å². The van der Waals surface area contributed by atoms with Gasteiger partial charge in [0.05, 0.1) is 5.54 Å². The summed E-state index contributed by atoms with van der Waals surface area (Å²) in [5.74, 6) is 0.968. The van der Waals surface area contributed by atoms with E-state index in [4.69, 9.17) is 5.73 Å². The summed E-state index contributed by atoms with van der Waals surface area (Å²) in [6.45, 7) is 6.43. The molecule has 0 aromatic carbocycles. The second-order valence-corrected chi connectivity index (χ2v) is 7.57. The van der Waals surface area contributed by atoms with Crippen LogP contribution in [0.4, 0.5) is 0 Å². The fraction of sp³-hybridized carbons (Fsp3) is 0.944. The lowest BCUT2D eigenvalue weighted by Gasteiger charge is -2.40. The Labute approximate surface area is 160 Å². The molecule has 24 heavy (non-hydrogen) atoms. The third kappa shape index (κ3) is 6.70. The van der Waals surface area contributed by atoms with E-state index in [0.717, 1.165) is 57.5 Å². The van der Waals surface area contributed by atoms with Crippen molar-refractivity contribution in [2.24, 2.45) is 11.7 Å². The van der Waals surface area contributed by atoms with Crippen molar-refractivity contribution in [2.75, 3.05) is 33.2 Å². The van der Waals surface area contributed by atoms with Gasteiger partial charge in [-0.2, -0.15) is 0 Å². The zero-order chi connectivity index (χ0) is 16.0. The van der Waals surface area contributed by atoms with E-state index in [1.54, 1.807) is 0 Å². The molecule has 2 N–H and O–H groups in total. The Kier molecular flexibility index (Phi) is 11.5. The first-order chi connectivity index (χ1) is 10.5. The molecule has 1 aliphatic carbocycles. The van der Waals surface area contributed by atoms with Crippen LogP contribution >= 0.6 is 24.8 Å². The number of unbranched alkanes of at least 4 members (excludes halogenated alkanes) is 1. The van der Waals surface area contributed by atoms with Gasteiger partial charge in [0, 0.05) is 19.6 Å². The smallest absolute Gasteiger partial charge is 0.242 e. The number of amides is 1. The molecule has 0 spiro atoms. The highest BCUT2D eigenvalue weighted by Crippen LogP contribution is 2.29. The normalized spacial score (nSPS) is 21.1. The van der Waals surface area contributed by atoms with E-state index < -0.39 is 5.54 Å². The first-order valence-corrected chi connectivity index (χ1v) is 9.32. The third-order valence-corrected chi connectivity index (χ3v) is 5.54.